The van der Waals surface area contributed by atoms with E-state index in [1.54, 1.807) is 4.58 Å². The van der Waals surface area contributed by atoms with Gasteiger partial charge in [-0.15, -0.1) is 0 Å². The van der Waals surface area contributed by atoms with Crippen molar-refractivity contribution in [2.75, 3.05) is 0 Å². The highest BCUT2D eigenvalue weighted by atomic mass is 35.5. The van der Waals surface area contributed by atoms with Crippen LogP contribution < -0.4 is 5.73 Å². The van der Waals surface area contributed by atoms with Gasteiger partial charge in [-0.25, -0.2) is 4.58 Å². The van der Waals surface area contributed by atoms with E-state index in [9.17, 15) is 13.2 Å². The maximum Gasteiger partial charge on any atom is 0.417 e. The van der Waals surface area contributed by atoms with Crippen molar-refractivity contribution in [1.82, 2.24) is 0 Å². The lowest BCUT2D eigenvalue weighted by molar-refractivity contribution is -0.453. The van der Waals surface area contributed by atoms with Crippen molar-refractivity contribution in [1.29, 1.82) is 0 Å². The van der Waals surface area contributed by atoms with Crippen LogP contribution in [0.3, 0.4) is 0 Å². The fourth-order valence-electron chi connectivity index (χ4n) is 2.44. The van der Waals surface area contributed by atoms with Crippen molar-refractivity contribution in [2.45, 2.75) is 12.7 Å². The number of alkyl halides is 3. The molecule has 1 aliphatic heterocycles. The summed E-state index contributed by atoms with van der Waals surface area (Å²) in [6, 6.07) is 11.3. The van der Waals surface area contributed by atoms with Crippen molar-refractivity contribution in [3.63, 3.8) is 0 Å². The van der Waals surface area contributed by atoms with Gasteiger partial charge in [-0.1, -0.05) is 29.8 Å². The Hall–Kier alpha value is -2.01. The predicted molar refractivity (Wildman–Crippen MR) is 74.8 cm³/mol. The first-order valence-electron chi connectivity index (χ1n) is 6.23. The molecule has 2 N–H and O–H groups in total. The predicted octanol–water partition coefficient (Wildman–Crippen LogP) is 3.92. The average Bonchev–Trinajstić information content (AvgIpc) is 2.76. The zero-order valence-electron chi connectivity index (χ0n) is 10.8. The van der Waals surface area contributed by atoms with Gasteiger partial charge in [-0.3, -0.25) is 5.73 Å². The van der Waals surface area contributed by atoms with Gasteiger partial charge in [-0.05, 0) is 24.3 Å². The molecule has 0 bridgehead atoms. The molecule has 0 aromatic heterocycles. The Bertz CT molecular complexity index is 751. The Labute approximate surface area is 124 Å². The first kappa shape index (κ1) is 13.9. The summed E-state index contributed by atoms with van der Waals surface area (Å²) in [6.07, 6.45) is -4.49. The van der Waals surface area contributed by atoms with E-state index in [4.69, 9.17) is 17.3 Å². The van der Waals surface area contributed by atoms with Crippen LogP contribution in [0.2, 0.25) is 5.02 Å². The molecule has 2 nitrogen and oxygen atoms in total. The Morgan fingerprint density at radius 1 is 1.10 bits per heavy atom. The maximum atomic E-state index is 12.9. The van der Waals surface area contributed by atoms with Gasteiger partial charge >= 0.3 is 6.18 Å². The monoisotopic (exact) mass is 311 g/mol. The van der Waals surface area contributed by atoms with Gasteiger partial charge in [0.2, 0.25) is 0 Å². The van der Waals surface area contributed by atoms with Crippen molar-refractivity contribution in [3.05, 3.63) is 64.2 Å². The van der Waals surface area contributed by atoms with Gasteiger partial charge < -0.3 is 0 Å². The van der Waals surface area contributed by atoms with E-state index in [1.807, 2.05) is 24.3 Å². The number of fused-ring (bicyclic) bond motifs is 1. The van der Waals surface area contributed by atoms with Gasteiger partial charge in [0.1, 0.15) is 12.2 Å². The fourth-order valence-corrected chi connectivity index (χ4v) is 2.66. The molecule has 6 heteroatoms. The first-order chi connectivity index (χ1) is 9.88. The Morgan fingerprint density at radius 2 is 1.81 bits per heavy atom. The lowest BCUT2D eigenvalue weighted by Gasteiger charge is -2.11. The molecule has 0 saturated heterocycles. The summed E-state index contributed by atoms with van der Waals surface area (Å²) in [6.45, 7) is 0.445. The lowest BCUT2D eigenvalue weighted by Crippen LogP contribution is -2.20. The van der Waals surface area contributed by atoms with E-state index in [2.05, 4.69) is 0 Å². The second-order valence-corrected chi connectivity index (χ2v) is 5.20. The molecule has 2 aromatic carbocycles. The van der Waals surface area contributed by atoms with Crippen LogP contribution in [0.25, 0.3) is 0 Å². The van der Waals surface area contributed by atoms with Gasteiger partial charge in [0, 0.05) is 5.56 Å². The molecule has 1 heterocycles. The number of nitrogens with two attached hydrogens (primary N) is 1. The Morgan fingerprint density at radius 3 is 2.48 bits per heavy atom. The summed E-state index contributed by atoms with van der Waals surface area (Å²) in [7, 11) is 0. The molecule has 0 amide bonds. The van der Waals surface area contributed by atoms with Crippen LogP contribution in [0.5, 0.6) is 0 Å². The largest absolute Gasteiger partial charge is 0.417 e. The fraction of sp³-hybridized carbons (Fsp3) is 0.133. The van der Waals surface area contributed by atoms with E-state index < -0.39 is 11.7 Å². The number of nitrogens with zero attached hydrogens (tertiary/aromatic N) is 1. The van der Waals surface area contributed by atoms with Crippen LogP contribution in [0.15, 0.2) is 42.5 Å². The third-order valence-corrected chi connectivity index (χ3v) is 3.81. The molecule has 21 heavy (non-hydrogen) atoms. The zero-order valence-corrected chi connectivity index (χ0v) is 11.5. The highest BCUT2D eigenvalue weighted by molar-refractivity contribution is 6.31. The topological polar surface area (TPSA) is 29.0 Å². The molecular weight excluding hydrogens is 301 g/mol. The molecule has 0 fully saturated rings. The average molecular weight is 312 g/mol. The lowest BCUT2D eigenvalue weighted by atomic mass is 10.1. The van der Waals surface area contributed by atoms with E-state index in [0.29, 0.717) is 18.1 Å². The van der Waals surface area contributed by atoms with Crippen LogP contribution in [0.1, 0.15) is 16.7 Å². The molecule has 1 aliphatic rings. The summed E-state index contributed by atoms with van der Waals surface area (Å²) >= 11 is 5.64. The summed E-state index contributed by atoms with van der Waals surface area (Å²) in [5.74, 6) is 0.445. The van der Waals surface area contributed by atoms with Crippen LogP contribution in [-0.2, 0) is 12.7 Å². The van der Waals surface area contributed by atoms with E-state index in [1.165, 1.54) is 12.1 Å². The van der Waals surface area contributed by atoms with Crippen LogP contribution >= 0.6 is 11.6 Å². The smallest absolute Gasteiger partial charge is 0.286 e. The van der Waals surface area contributed by atoms with Gasteiger partial charge in [0.25, 0.3) is 5.84 Å². The van der Waals surface area contributed by atoms with E-state index >= 15 is 0 Å². The van der Waals surface area contributed by atoms with Crippen molar-refractivity contribution in [3.8, 4) is 0 Å². The molecule has 0 spiro atoms. The minimum absolute atomic E-state index is 0.318. The number of benzene rings is 2. The molecular formula is C15H11ClF3N2+. The SMILES string of the molecule is NC1=[N+](c2ccc(Cl)c(C(F)(F)F)c2)Cc2ccccc21. The number of amidine groups is 1. The summed E-state index contributed by atoms with van der Waals surface area (Å²) in [4.78, 5) is 0. The van der Waals surface area contributed by atoms with E-state index in [-0.39, 0.29) is 5.02 Å². The minimum Gasteiger partial charge on any atom is -0.286 e. The zero-order chi connectivity index (χ0) is 15.2. The Balaban J connectivity index is 2.10. The Kier molecular flexibility index (Phi) is 3.17. The molecule has 0 unspecified atom stereocenters. The van der Waals surface area contributed by atoms with Crippen LogP contribution in [0, 0.1) is 0 Å². The van der Waals surface area contributed by atoms with Gasteiger partial charge in [0.15, 0.2) is 0 Å². The summed E-state index contributed by atoms with van der Waals surface area (Å²) in [5, 5.41) is -0.318. The minimum atomic E-state index is -4.49. The van der Waals surface area contributed by atoms with Crippen molar-refractivity contribution < 1.29 is 17.7 Å². The third kappa shape index (κ3) is 2.38. The second-order valence-electron chi connectivity index (χ2n) is 4.79. The molecule has 0 saturated carbocycles. The molecule has 3 rings (SSSR count). The second kappa shape index (κ2) is 4.77. The number of rotatable bonds is 1. The molecule has 2 aromatic rings. The van der Waals surface area contributed by atoms with Crippen molar-refractivity contribution in [2.24, 2.45) is 5.73 Å². The number of hydrogen-bond acceptors (Lipinski definition) is 1. The molecule has 0 aliphatic carbocycles. The molecule has 0 atom stereocenters. The van der Waals surface area contributed by atoms with Crippen LogP contribution in [0.4, 0.5) is 18.9 Å². The summed E-state index contributed by atoms with van der Waals surface area (Å²) < 4.78 is 40.5. The standard InChI is InChI=1S/C15H10ClF3N2/c16-13-6-5-10(7-12(13)15(17,18)19)21-8-9-3-1-2-4-11(9)14(21)20/h1-7,20H,8H2/p+1. The van der Waals surface area contributed by atoms with Gasteiger partial charge in [-0.2, -0.15) is 13.2 Å². The first-order valence-corrected chi connectivity index (χ1v) is 6.60. The highest BCUT2D eigenvalue weighted by Gasteiger charge is 2.35. The van der Waals surface area contributed by atoms with Gasteiger partial charge in [0.05, 0.1) is 16.1 Å². The highest BCUT2D eigenvalue weighted by Crippen LogP contribution is 2.37. The molecule has 108 valence electrons. The van der Waals surface area contributed by atoms with Crippen LogP contribution in [-0.4, -0.2) is 10.4 Å². The number of hydrogen-bond donors (Lipinski definition) is 1. The van der Waals surface area contributed by atoms with E-state index in [0.717, 1.165) is 17.2 Å². The number of halogens is 4. The quantitative estimate of drug-likeness (QED) is 0.795. The summed E-state index contributed by atoms with van der Waals surface area (Å²) in [5.41, 5.74) is 7.40. The maximum absolute atomic E-state index is 12.9. The normalized spacial score (nSPS) is 14.5. The third-order valence-electron chi connectivity index (χ3n) is 3.48. The molecule has 0 radical (unpaired) electrons. The van der Waals surface area contributed by atoms with Crippen molar-refractivity contribution >= 4 is 23.1 Å².